The summed E-state index contributed by atoms with van der Waals surface area (Å²) < 4.78 is 26.1. The van der Waals surface area contributed by atoms with Gasteiger partial charge in [0.1, 0.15) is 6.79 Å². The monoisotopic (exact) mass is 450 g/mol. The van der Waals surface area contributed by atoms with Crippen LogP contribution in [0.3, 0.4) is 0 Å². The van der Waals surface area contributed by atoms with Gasteiger partial charge in [0.25, 0.3) is 0 Å². The number of methoxy groups -OCH3 is 2. The molecule has 1 rings (SSSR count). The molecule has 0 saturated carbocycles. The van der Waals surface area contributed by atoms with Gasteiger partial charge in [-0.1, -0.05) is 42.5 Å². The van der Waals surface area contributed by atoms with Crippen molar-refractivity contribution in [2.24, 2.45) is 5.92 Å². The predicted molar refractivity (Wildman–Crippen MR) is 122 cm³/mol. The summed E-state index contributed by atoms with van der Waals surface area (Å²) >= 11 is 0. The van der Waals surface area contributed by atoms with Crippen LogP contribution in [0.2, 0.25) is 0 Å². The summed E-state index contributed by atoms with van der Waals surface area (Å²) in [5.41, 5.74) is 1.16. The van der Waals surface area contributed by atoms with Crippen molar-refractivity contribution in [2.45, 2.75) is 64.8 Å². The second-order valence-corrected chi connectivity index (χ2v) is 7.56. The van der Waals surface area contributed by atoms with Crippen molar-refractivity contribution in [3.8, 4) is 0 Å². The number of rotatable bonds is 17. The van der Waals surface area contributed by atoms with Crippen LogP contribution < -0.4 is 0 Å². The van der Waals surface area contributed by atoms with Crippen molar-refractivity contribution < 1.29 is 33.3 Å². The Kier molecular flexibility index (Phi) is 15.1. The van der Waals surface area contributed by atoms with Gasteiger partial charge in [-0.05, 0) is 51.0 Å². The van der Waals surface area contributed by atoms with Gasteiger partial charge in [-0.3, -0.25) is 4.79 Å². The topological polar surface area (TPSA) is 80.3 Å². The van der Waals surface area contributed by atoms with Crippen LogP contribution in [0.15, 0.2) is 42.5 Å². The van der Waals surface area contributed by atoms with Gasteiger partial charge in [0.2, 0.25) is 0 Å². The van der Waals surface area contributed by atoms with Crippen molar-refractivity contribution in [1.82, 2.24) is 0 Å². The molecule has 1 aromatic carbocycles. The number of esters is 2. The summed E-state index contributed by atoms with van der Waals surface area (Å²) in [4.78, 5) is 24.0. The van der Waals surface area contributed by atoms with E-state index in [1.165, 1.54) is 14.2 Å². The molecule has 7 heteroatoms. The number of ether oxygens (including phenoxy) is 5. The fraction of sp³-hybridized carbons (Fsp3) is 0.600. The van der Waals surface area contributed by atoms with Gasteiger partial charge < -0.3 is 23.7 Å². The van der Waals surface area contributed by atoms with Crippen LogP contribution in [0.1, 0.15) is 51.5 Å². The van der Waals surface area contributed by atoms with E-state index in [1.54, 1.807) is 6.92 Å². The van der Waals surface area contributed by atoms with Crippen molar-refractivity contribution >= 4 is 11.9 Å². The lowest BCUT2D eigenvalue weighted by Gasteiger charge is -2.19. The minimum Gasteiger partial charge on any atom is -0.467 e. The maximum atomic E-state index is 12.0. The van der Waals surface area contributed by atoms with E-state index in [2.05, 4.69) is 19.1 Å². The van der Waals surface area contributed by atoms with Crippen LogP contribution in [0.25, 0.3) is 0 Å². The zero-order valence-electron chi connectivity index (χ0n) is 19.8. The number of carbonyl (C=O) groups is 2. The van der Waals surface area contributed by atoms with E-state index in [0.717, 1.165) is 24.8 Å². The van der Waals surface area contributed by atoms with E-state index < -0.39 is 12.1 Å². The van der Waals surface area contributed by atoms with E-state index in [-0.39, 0.29) is 31.2 Å². The molecule has 0 aromatic heterocycles. The fourth-order valence-corrected chi connectivity index (χ4v) is 3.16. The summed E-state index contributed by atoms with van der Waals surface area (Å²) in [6.45, 7) is 4.73. The predicted octanol–water partition coefficient (Wildman–Crippen LogP) is 4.44. The zero-order chi connectivity index (χ0) is 23.6. The van der Waals surface area contributed by atoms with Crippen LogP contribution in [0, 0.1) is 5.92 Å². The van der Waals surface area contributed by atoms with Crippen molar-refractivity contribution in [3.63, 3.8) is 0 Å². The first kappa shape index (κ1) is 27.8. The molecule has 0 heterocycles. The second-order valence-electron chi connectivity index (χ2n) is 7.56. The molecule has 0 unspecified atom stereocenters. The SMILES string of the molecule is CCOC(=O)C[C@H](/C=C/CCC[C@H](C)OCc1ccccc1)C[C@H](OCOC)C(=O)OC. The highest BCUT2D eigenvalue weighted by Gasteiger charge is 2.25. The molecule has 0 aliphatic heterocycles. The van der Waals surface area contributed by atoms with E-state index in [4.69, 9.17) is 23.7 Å². The van der Waals surface area contributed by atoms with E-state index >= 15 is 0 Å². The largest absolute Gasteiger partial charge is 0.467 e. The molecule has 0 fully saturated rings. The van der Waals surface area contributed by atoms with Gasteiger partial charge >= 0.3 is 11.9 Å². The molecule has 0 saturated heterocycles. The first-order valence-electron chi connectivity index (χ1n) is 11.2. The Bertz CT molecular complexity index is 660. The third-order valence-electron chi connectivity index (χ3n) is 4.87. The Hall–Kier alpha value is -2.22. The van der Waals surface area contributed by atoms with Crippen molar-refractivity contribution in [2.75, 3.05) is 27.6 Å². The Morgan fingerprint density at radius 2 is 1.84 bits per heavy atom. The highest BCUT2D eigenvalue weighted by molar-refractivity contribution is 5.75. The van der Waals surface area contributed by atoms with Crippen LogP contribution in [0.4, 0.5) is 0 Å². The zero-order valence-corrected chi connectivity index (χ0v) is 19.8. The van der Waals surface area contributed by atoms with Crippen molar-refractivity contribution in [3.05, 3.63) is 48.0 Å². The molecule has 0 spiro atoms. The minimum atomic E-state index is -0.810. The lowest BCUT2D eigenvalue weighted by molar-refractivity contribution is -0.164. The maximum Gasteiger partial charge on any atom is 0.335 e. The highest BCUT2D eigenvalue weighted by atomic mass is 16.7. The van der Waals surface area contributed by atoms with E-state index in [1.807, 2.05) is 30.4 Å². The maximum absolute atomic E-state index is 12.0. The quantitative estimate of drug-likeness (QED) is 0.150. The number of hydrogen-bond donors (Lipinski definition) is 0. The average molecular weight is 451 g/mol. The molecule has 0 N–H and O–H groups in total. The summed E-state index contributed by atoms with van der Waals surface area (Å²) in [6, 6.07) is 10.1. The summed E-state index contributed by atoms with van der Waals surface area (Å²) in [5, 5.41) is 0. The standard InChI is InChI=1S/C25H38O7/c1-5-30-24(26)17-22(16-23(25(27)29-4)32-19-28-3)15-11-6-8-12-20(2)31-18-21-13-9-7-10-14-21/h7,9-11,13-15,20,22-23H,5-6,8,12,16-19H2,1-4H3/b15-11+/t20-,22+,23-/m0/s1. The number of allylic oxidation sites excluding steroid dienone is 2. The molecule has 0 aliphatic rings. The second kappa shape index (κ2) is 17.3. The Morgan fingerprint density at radius 1 is 1.09 bits per heavy atom. The molecule has 0 aliphatic carbocycles. The van der Waals surface area contributed by atoms with Gasteiger partial charge in [0.05, 0.1) is 32.8 Å². The summed E-state index contributed by atoms with van der Waals surface area (Å²) in [6.07, 6.45) is 6.56. The highest BCUT2D eigenvalue weighted by Crippen LogP contribution is 2.19. The van der Waals surface area contributed by atoms with Crippen LogP contribution in [-0.4, -0.2) is 51.8 Å². The first-order valence-corrected chi connectivity index (χ1v) is 11.2. The van der Waals surface area contributed by atoms with Gasteiger partial charge in [0.15, 0.2) is 6.10 Å². The van der Waals surface area contributed by atoms with Gasteiger partial charge in [0, 0.05) is 7.11 Å². The van der Waals surface area contributed by atoms with Crippen LogP contribution in [0.5, 0.6) is 0 Å². The molecular formula is C25H38O7. The molecule has 180 valence electrons. The molecule has 1 aromatic rings. The fourth-order valence-electron chi connectivity index (χ4n) is 3.16. The smallest absolute Gasteiger partial charge is 0.335 e. The van der Waals surface area contributed by atoms with Crippen molar-refractivity contribution in [1.29, 1.82) is 0 Å². The summed E-state index contributed by atoms with van der Waals surface area (Å²) in [5.74, 6) is -1.00. The molecule has 0 bridgehead atoms. The number of benzene rings is 1. The van der Waals surface area contributed by atoms with E-state index in [0.29, 0.717) is 19.6 Å². The normalized spacial score (nSPS) is 14.1. The molecule has 0 amide bonds. The number of hydrogen-bond acceptors (Lipinski definition) is 7. The Labute approximate surface area is 192 Å². The average Bonchev–Trinajstić information content (AvgIpc) is 2.80. The Balaban J connectivity index is 2.51. The molecular weight excluding hydrogens is 412 g/mol. The number of carbonyl (C=O) groups excluding carboxylic acids is 2. The Morgan fingerprint density at radius 3 is 2.50 bits per heavy atom. The summed E-state index contributed by atoms with van der Waals surface area (Å²) in [7, 11) is 2.79. The van der Waals surface area contributed by atoms with E-state index in [9.17, 15) is 9.59 Å². The lowest BCUT2D eigenvalue weighted by Crippen LogP contribution is -2.29. The van der Waals surface area contributed by atoms with Gasteiger partial charge in [-0.15, -0.1) is 0 Å². The molecule has 7 nitrogen and oxygen atoms in total. The third kappa shape index (κ3) is 12.6. The van der Waals surface area contributed by atoms with Gasteiger partial charge in [-0.2, -0.15) is 0 Å². The molecule has 0 radical (unpaired) electrons. The number of unbranched alkanes of at least 4 members (excludes halogenated alkanes) is 1. The minimum absolute atomic E-state index is 0.0313. The third-order valence-corrected chi connectivity index (χ3v) is 4.87. The first-order chi connectivity index (χ1) is 15.5. The lowest BCUT2D eigenvalue weighted by atomic mass is 9.96. The van der Waals surface area contributed by atoms with Gasteiger partial charge in [-0.25, -0.2) is 4.79 Å². The van der Waals surface area contributed by atoms with Crippen LogP contribution in [-0.2, 0) is 39.9 Å². The molecule has 32 heavy (non-hydrogen) atoms. The molecule has 3 atom stereocenters. The van der Waals surface area contributed by atoms with Crippen LogP contribution >= 0.6 is 0 Å².